The average Bonchev–Trinajstić information content (AvgIpc) is 3.40. The van der Waals surface area contributed by atoms with E-state index in [2.05, 4.69) is 78.7 Å². The Bertz CT molecular complexity index is 1690. The Morgan fingerprint density at radius 2 is 1.14 bits per heavy atom. The molecule has 6 aromatic rings. The Labute approximate surface area is 216 Å². The predicted molar refractivity (Wildman–Crippen MR) is 151 cm³/mol. The molecule has 0 unspecified atom stereocenters. The van der Waals surface area contributed by atoms with E-state index in [1.54, 1.807) is 0 Å². The lowest BCUT2D eigenvalue weighted by molar-refractivity contribution is 0.305. The van der Waals surface area contributed by atoms with E-state index in [1.807, 2.05) is 54.6 Å². The number of fused-ring (bicyclic) bond motifs is 1. The lowest BCUT2D eigenvalue weighted by Crippen LogP contribution is -1.97. The summed E-state index contributed by atoms with van der Waals surface area (Å²) in [6.45, 7) is 0.420. The van der Waals surface area contributed by atoms with Crippen molar-refractivity contribution in [2.75, 3.05) is 0 Å². The molecule has 0 radical (unpaired) electrons. The van der Waals surface area contributed by atoms with Crippen LogP contribution in [0.1, 0.15) is 11.1 Å². The van der Waals surface area contributed by atoms with Crippen LogP contribution < -0.4 is 4.74 Å². The number of ether oxygens (including phenoxy) is 1. The summed E-state index contributed by atoms with van der Waals surface area (Å²) in [6.07, 6.45) is 5.82. The van der Waals surface area contributed by atoms with Gasteiger partial charge in [0, 0.05) is 17.0 Å². The van der Waals surface area contributed by atoms with Crippen LogP contribution in [0, 0.1) is 12.3 Å². The minimum Gasteiger partial charge on any atom is -0.487 e. The Morgan fingerprint density at radius 3 is 1.73 bits per heavy atom. The van der Waals surface area contributed by atoms with E-state index in [0.29, 0.717) is 17.9 Å². The maximum atomic E-state index is 6.21. The van der Waals surface area contributed by atoms with Gasteiger partial charge in [0.2, 0.25) is 0 Å². The Kier molecular flexibility index (Phi) is 6.03. The third kappa shape index (κ3) is 4.76. The SMILES string of the molecule is C#Cc1cc2cc(-c3ccc(-c4ccccc4)cc3)oc2cc1OCc1ccc(-c2ccccc2)cc1. The second kappa shape index (κ2) is 9.93. The summed E-state index contributed by atoms with van der Waals surface area (Å²) in [7, 11) is 0. The first-order valence-corrected chi connectivity index (χ1v) is 12.2. The largest absolute Gasteiger partial charge is 0.487 e. The molecule has 1 aromatic heterocycles. The molecule has 0 atom stereocenters. The molecule has 176 valence electrons. The van der Waals surface area contributed by atoms with E-state index in [0.717, 1.165) is 27.9 Å². The summed E-state index contributed by atoms with van der Waals surface area (Å²) in [6, 6.07) is 43.3. The van der Waals surface area contributed by atoms with Crippen LogP contribution in [0.4, 0.5) is 0 Å². The first kappa shape index (κ1) is 22.5. The van der Waals surface area contributed by atoms with Crippen molar-refractivity contribution < 1.29 is 9.15 Å². The second-order valence-electron chi connectivity index (χ2n) is 8.94. The van der Waals surface area contributed by atoms with Crippen LogP contribution in [0.3, 0.4) is 0 Å². The maximum absolute atomic E-state index is 6.21. The predicted octanol–water partition coefficient (Wildman–Crippen LogP) is 8.99. The molecule has 0 aliphatic carbocycles. The molecule has 1 heterocycles. The van der Waals surface area contributed by atoms with Crippen LogP contribution in [0.25, 0.3) is 44.5 Å². The molecular weight excluding hydrogens is 452 g/mol. The molecule has 0 spiro atoms. The third-order valence-corrected chi connectivity index (χ3v) is 6.51. The molecule has 37 heavy (non-hydrogen) atoms. The molecule has 5 aromatic carbocycles. The fourth-order valence-corrected chi connectivity index (χ4v) is 4.49. The molecule has 0 bridgehead atoms. The van der Waals surface area contributed by atoms with E-state index in [9.17, 15) is 0 Å². The molecule has 0 saturated heterocycles. The van der Waals surface area contributed by atoms with Crippen LogP contribution in [-0.4, -0.2) is 0 Å². The number of furan rings is 1. The topological polar surface area (TPSA) is 22.4 Å². The molecule has 0 aliphatic heterocycles. The van der Waals surface area contributed by atoms with Crippen LogP contribution in [0.5, 0.6) is 5.75 Å². The van der Waals surface area contributed by atoms with Gasteiger partial charge in [-0.25, -0.2) is 0 Å². The van der Waals surface area contributed by atoms with E-state index in [-0.39, 0.29) is 0 Å². The summed E-state index contributed by atoms with van der Waals surface area (Å²) in [5.41, 5.74) is 8.26. The molecule has 0 fully saturated rings. The van der Waals surface area contributed by atoms with Crippen LogP contribution in [0.15, 0.2) is 132 Å². The van der Waals surface area contributed by atoms with Crippen molar-refractivity contribution in [2.24, 2.45) is 0 Å². The number of hydrogen-bond donors (Lipinski definition) is 0. The minimum atomic E-state index is 0.420. The van der Waals surface area contributed by atoms with E-state index < -0.39 is 0 Å². The number of rotatable bonds is 6. The Hall–Kier alpha value is -5.00. The van der Waals surface area contributed by atoms with Crippen LogP contribution >= 0.6 is 0 Å². The zero-order valence-corrected chi connectivity index (χ0v) is 20.2. The average molecular weight is 477 g/mol. The van der Waals surface area contributed by atoms with Gasteiger partial charge >= 0.3 is 0 Å². The van der Waals surface area contributed by atoms with Gasteiger partial charge in [0.15, 0.2) is 0 Å². The van der Waals surface area contributed by atoms with Gasteiger partial charge in [0.1, 0.15) is 23.7 Å². The van der Waals surface area contributed by atoms with Crippen molar-refractivity contribution >= 4 is 11.0 Å². The highest BCUT2D eigenvalue weighted by molar-refractivity contribution is 5.86. The van der Waals surface area contributed by atoms with Crippen molar-refractivity contribution in [3.8, 4) is 51.7 Å². The van der Waals surface area contributed by atoms with Gasteiger partial charge in [-0.1, -0.05) is 115 Å². The molecule has 2 heteroatoms. The molecule has 0 N–H and O–H groups in total. The monoisotopic (exact) mass is 476 g/mol. The van der Waals surface area contributed by atoms with Crippen molar-refractivity contribution in [1.29, 1.82) is 0 Å². The highest BCUT2D eigenvalue weighted by atomic mass is 16.5. The summed E-state index contributed by atoms with van der Waals surface area (Å²) in [5, 5.41) is 0.953. The Morgan fingerprint density at radius 1 is 0.595 bits per heavy atom. The van der Waals surface area contributed by atoms with E-state index in [1.165, 1.54) is 22.3 Å². The van der Waals surface area contributed by atoms with E-state index >= 15 is 0 Å². The first-order valence-electron chi connectivity index (χ1n) is 12.2. The van der Waals surface area contributed by atoms with Crippen LogP contribution in [0.2, 0.25) is 0 Å². The van der Waals surface area contributed by atoms with Gasteiger partial charge in [-0.2, -0.15) is 0 Å². The Balaban J connectivity index is 1.22. The van der Waals surface area contributed by atoms with Crippen molar-refractivity contribution in [3.63, 3.8) is 0 Å². The van der Waals surface area contributed by atoms with Crippen molar-refractivity contribution in [2.45, 2.75) is 6.61 Å². The smallest absolute Gasteiger partial charge is 0.139 e. The maximum Gasteiger partial charge on any atom is 0.139 e. The fraction of sp³-hybridized carbons (Fsp3) is 0.0286. The molecule has 2 nitrogen and oxygen atoms in total. The number of benzene rings is 5. The second-order valence-corrected chi connectivity index (χ2v) is 8.94. The molecular formula is C35H24O2. The number of terminal acetylenes is 1. The lowest BCUT2D eigenvalue weighted by Gasteiger charge is -2.09. The first-order chi connectivity index (χ1) is 18.3. The van der Waals surface area contributed by atoms with Crippen LogP contribution in [-0.2, 0) is 6.61 Å². The molecule has 0 aliphatic rings. The summed E-state index contributed by atoms with van der Waals surface area (Å²) >= 11 is 0. The van der Waals surface area contributed by atoms with Gasteiger partial charge in [-0.05, 0) is 39.9 Å². The van der Waals surface area contributed by atoms with Gasteiger partial charge in [-0.15, -0.1) is 6.42 Å². The lowest BCUT2D eigenvalue weighted by atomic mass is 10.0. The zero-order valence-electron chi connectivity index (χ0n) is 20.2. The summed E-state index contributed by atoms with van der Waals surface area (Å²) in [4.78, 5) is 0. The van der Waals surface area contributed by atoms with E-state index in [4.69, 9.17) is 15.6 Å². The molecule has 6 rings (SSSR count). The number of hydrogen-bond acceptors (Lipinski definition) is 2. The quantitative estimate of drug-likeness (QED) is 0.224. The van der Waals surface area contributed by atoms with Crippen molar-refractivity contribution in [1.82, 2.24) is 0 Å². The minimum absolute atomic E-state index is 0.420. The van der Waals surface area contributed by atoms with Gasteiger partial charge in [0.05, 0.1) is 5.56 Å². The van der Waals surface area contributed by atoms with Crippen molar-refractivity contribution in [3.05, 3.63) is 139 Å². The zero-order chi connectivity index (χ0) is 25.0. The summed E-state index contributed by atoms with van der Waals surface area (Å²) < 4.78 is 12.4. The van der Waals surface area contributed by atoms with Gasteiger partial charge in [0.25, 0.3) is 0 Å². The highest BCUT2D eigenvalue weighted by Crippen LogP contribution is 2.34. The fourth-order valence-electron chi connectivity index (χ4n) is 4.49. The molecule has 0 saturated carbocycles. The third-order valence-electron chi connectivity index (χ3n) is 6.51. The standard InChI is InChI=1S/C35H24O2/c1-2-26-21-32-22-34(31-19-17-30(18-20-31)28-11-7-4-8-12-28)37-35(32)23-33(26)36-24-25-13-15-29(16-14-25)27-9-5-3-6-10-27/h1,3-23H,24H2. The normalized spacial score (nSPS) is 10.8. The highest BCUT2D eigenvalue weighted by Gasteiger charge is 2.12. The van der Waals surface area contributed by atoms with Gasteiger partial charge in [-0.3, -0.25) is 0 Å². The van der Waals surface area contributed by atoms with Gasteiger partial charge < -0.3 is 9.15 Å². The molecule has 0 amide bonds. The summed E-state index contributed by atoms with van der Waals surface area (Å²) in [5.74, 6) is 4.20.